The van der Waals surface area contributed by atoms with Gasteiger partial charge in [-0.1, -0.05) is 50.6 Å². The molecular formula is C16H26O. The molecule has 1 heterocycles. The van der Waals surface area contributed by atoms with Crippen LogP contribution in [0.25, 0.3) is 0 Å². The van der Waals surface area contributed by atoms with Crippen molar-refractivity contribution >= 4 is 0 Å². The van der Waals surface area contributed by atoms with E-state index in [1.807, 2.05) is 13.8 Å². The number of hydrogen-bond donors (Lipinski definition) is 0. The van der Waals surface area contributed by atoms with E-state index in [9.17, 15) is 0 Å². The van der Waals surface area contributed by atoms with E-state index in [-0.39, 0.29) is 0 Å². The van der Waals surface area contributed by atoms with Crippen molar-refractivity contribution < 1.29 is 4.74 Å². The Bertz CT molecular complexity index is 324. The molecule has 1 aliphatic rings. The van der Waals surface area contributed by atoms with Crippen molar-refractivity contribution in [2.24, 2.45) is 0 Å². The normalized spacial score (nSPS) is 18.1. The van der Waals surface area contributed by atoms with Crippen molar-refractivity contribution in [2.45, 2.75) is 52.4 Å². The molecule has 0 spiro atoms. The maximum atomic E-state index is 5.48. The second-order valence-corrected chi connectivity index (χ2v) is 4.62. The summed E-state index contributed by atoms with van der Waals surface area (Å²) in [6.07, 6.45) is 3.57. The van der Waals surface area contributed by atoms with Crippen LogP contribution in [0.1, 0.15) is 51.2 Å². The van der Waals surface area contributed by atoms with Gasteiger partial charge in [0.05, 0.1) is 0 Å². The Kier molecular flexibility index (Phi) is 5.70. The fourth-order valence-electron chi connectivity index (χ4n) is 2.58. The van der Waals surface area contributed by atoms with Crippen LogP contribution in [0.15, 0.2) is 24.3 Å². The average molecular weight is 234 g/mol. The van der Waals surface area contributed by atoms with E-state index in [0.717, 1.165) is 13.2 Å². The largest absolute Gasteiger partial charge is 0.381 e. The summed E-state index contributed by atoms with van der Waals surface area (Å²) in [6, 6.07) is 8.97. The highest BCUT2D eigenvalue weighted by atomic mass is 16.5. The molecule has 0 N–H and O–H groups in total. The molecule has 0 radical (unpaired) electrons. The summed E-state index contributed by atoms with van der Waals surface area (Å²) in [5, 5.41) is 0. The maximum absolute atomic E-state index is 5.48. The monoisotopic (exact) mass is 234 g/mol. The predicted octanol–water partition coefficient (Wildman–Crippen LogP) is 4.48. The second-order valence-electron chi connectivity index (χ2n) is 4.62. The third-order valence-corrected chi connectivity index (χ3v) is 3.76. The van der Waals surface area contributed by atoms with Crippen LogP contribution < -0.4 is 0 Å². The minimum Gasteiger partial charge on any atom is -0.381 e. The first-order chi connectivity index (χ1) is 8.27. The summed E-state index contributed by atoms with van der Waals surface area (Å²) in [6.45, 7) is 10.3. The molecule has 1 fully saturated rings. The smallest absolute Gasteiger partial charge is 0.0474 e. The van der Waals surface area contributed by atoms with Crippen LogP contribution in [0.2, 0.25) is 0 Å². The molecule has 0 aromatic heterocycles. The van der Waals surface area contributed by atoms with Crippen molar-refractivity contribution in [3.05, 3.63) is 35.4 Å². The average Bonchev–Trinajstić information content (AvgIpc) is 2.42. The lowest BCUT2D eigenvalue weighted by atomic mass is 9.72. The molecule has 17 heavy (non-hydrogen) atoms. The van der Waals surface area contributed by atoms with Gasteiger partial charge >= 0.3 is 0 Å². The zero-order valence-electron chi connectivity index (χ0n) is 11.8. The van der Waals surface area contributed by atoms with Crippen LogP contribution in [-0.2, 0) is 10.2 Å². The summed E-state index contributed by atoms with van der Waals surface area (Å²) in [5.41, 5.74) is 3.25. The maximum Gasteiger partial charge on any atom is 0.0474 e. The summed E-state index contributed by atoms with van der Waals surface area (Å²) in [5.74, 6) is 0. The summed E-state index contributed by atoms with van der Waals surface area (Å²) < 4.78 is 5.48. The molecule has 1 aromatic carbocycles. The van der Waals surface area contributed by atoms with E-state index >= 15 is 0 Å². The first kappa shape index (κ1) is 14.2. The predicted molar refractivity (Wildman–Crippen MR) is 74.5 cm³/mol. The third-order valence-electron chi connectivity index (χ3n) is 3.76. The van der Waals surface area contributed by atoms with Crippen molar-refractivity contribution in [1.29, 1.82) is 0 Å². The van der Waals surface area contributed by atoms with Gasteiger partial charge in [0, 0.05) is 13.2 Å². The van der Waals surface area contributed by atoms with Gasteiger partial charge in [0.15, 0.2) is 0 Å². The quantitative estimate of drug-likeness (QED) is 0.733. The molecular weight excluding hydrogens is 208 g/mol. The molecule has 1 nitrogen and oxygen atoms in total. The number of aryl methyl sites for hydroxylation is 1. The van der Waals surface area contributed by atoms with Gasteiger partial charge in [-0.05, 0) is 37.2 Å². The highest BCUT2D eigenvalue weighted by Crippen LogP contribution is 2.37. The number of benzene rings is 1. The summed E-state index contributed by atoms with van der Waals surface area (Å²) in [7, 11) is 0. The number of hydrogen-bond acceptors (Lipinski definition) is 1. The topological polar surface area (TPSA) is 9.23 Å². The lowest BCUT2D eigenvalue weighted by molar-refractivity contribution is 0.0485. The van der Waals surface area contributed by atoms with E-state index < -0.39 is 0 Å². The Morgan fingerprint density at radius 3 is 2.35 bits per heavy atom. The lowest BCUT2D eigenvalue weighted by Gasteiger charge is -2.37. The zero-order valence-corrected chi connectivity index (χ0v) is 11.8. The van der Waals surface area contributed by atoms with E-state index in [1.165, 1.54) is 30.4 Å². The Labute approximate surface area is 106 Å². The molecule has 0 aliphatic carbocycles. The van der Waals surface area contributed by atoms with Crippen molar-refractivity contribution in [3.8, 4) is 0 Å². The molecule has 0 bridgehead atoms. The highest BCUT2D eigenvalue weighted by molar-refractivity contribution is 5.30. The van der Waals surface area contributed by atoms with Gasteiger partial charge < -0.3 is 4.74 Å². The van der Waals surface area contributed by atoms with Gasteiger partial charge in [0.1, 0.15) is 0 Å². The molecule has 0 unspecified atom stereocenters. The first-order valence-electron chi connectivity index (χ1n) is 6.92. The number of ether oxygens (including phenoxy) is 1. The first-order valence-corrected chi connectivity index (χ1v) is 6.92. The van der Waals surface area contributed by atoms with Crippen LogP contribution in [0, 0.1) is 6.92 Å². The van der Waals surface area contributed by atoms with Gasteiger partial charge in [0.25, 0.3) is 0 Å². The molecule has 96 valence electrons. The van der Waals surface area contributed by atoms with Gasteiger partial charge in [0.2, 0.25) is 0 Å². The minimum absolute atomic E-state index is 0.379. The minimum atomic E-state index is 0.379. The number of rotatable bonds is 2. The lowest BCUT2D eigenvalue weighted by Crippen LogP contribution is -2.33. The standard InChI is InChI=1S/C14H20O.C2H6/c1-3-14(7-9-15-10-8-14)13-6-4-5-12(2)11-13;1-2/h4-6,11H,3,7-10H2,1-2H3;1-2H3. The van der Waals surface area contributed by atoms with Crippen LogP contribution in [0.4, 0.5) is 0 Å². The van der Waals surface area contributed by atoms with Gasteiger partial charge in [-0.3, -0.25) is 0 Å². The Hall–Kier alpha value is -0.820. The van der Waals surface area contributed by atoms with E-state index in [2.05, 4.69) is 38.1 Å². The molecule has 0 amide bonds. The van der Waals surface area contributed by atoms with Crippen LogP contribution in [0.5, 0.6) is 0 Å². The van der Waals surface area contributed by atoms with Crippen LogP contribution >= 0.6 is 0 Å². The third kappa shape index (κ3) is 3.32. The molecule has 0 saturated carbocycles. The Morgan fingerprint density at radius 1 is 1.18 bits per heavy atom. The fraction of sp³-hybridized carbons (Fsp3) is 0.625. The molecule has 1 aromatic rings. The van der Waals surface area contributed by atoms with E-state index in [1.54, 1.807) is 0 Å². The molecule has 1 heteroatoms. The molecule has 1 aliphatic heterocycles. The Morgan fingerprint density at radius 2 is 1.82 bits per heavy atom. The molecule has 2 rings (SSSR count). The van der Waals surface area contributed by atoms with Crippen LogP contribution in [0.3, 0.4) is 0 Å². The van der Waals surface area contributed by atoms with Crippen molar-refractivity contribution in [3.63, 3.8) is 0 Å². The van der Waals surface area contributed by atoms with Crippen molar-refractivity contribution in [1.82, 2.24) is 0 Å². The SMILES string of the molecule is CC.CCC1(c2cccc(C)c2)CCOCC1. The molecule has 1 saturated heterocycles. The highest BCUT2D eigenvalue weighted by Gasteiger charge is 2.32. The van der Waals surface area contributed by atoms with Crippen LogP contribution in [-0.4, -0.2) is 13.2 Å². The zero-order chi connectivity index (χ0) is 12.7. The van der Waals surface area contributed by atoms with Gasteiger partial charge in [-0.25, -0.2) is 0 Å². The fourth-order valence-corrected chi connectivity index (χ4v) is 2.58. The van der Waals surface area contributed by atoms with E-state index in [4.69, 9.17) is 4.74 Å². The molecule has 0 atom stereocenters. The Balaban J connectivity index is 0.000000686. The van der Waals surface area contributed by atoms with E-state index in [0.29, 0.717) is 5.41 Å². The second kappa shape index (κ2) is 6.80. The van der Waals surface area contributed by atoms with Gasteiger partial charge in [-0.2, -0.15) is 0 Å². The van der Waals surface area contributed by atoms with Crippen molar-refractivity contribution in [2.75, 3.05) is 13.2 Å². The van der Waals surface area contributed by atoms with Gasteiger partial charge in [-0.15, -0.1) is 0 Å². The summed E-state index contributed by atoms with van der Waals surface area (Å²) >= 11 is 0. The summed E-state index contributed by atoms with van der Waals surface area (Å²) in [4.78, 5) is 0.